The van der Waals surface area contributed by atoms with E-state index in [0.717, 1.165) is 16.3 Å². The summed E-state index contributed by atoms with van der Waals surface area (Å²) >= 11 is 0. The summed E-state index contributed by atoms with van der Waals surface area (Å²) in [5.41, 5.74) is 4.38. The first-order valence-electron chi connectivity index (χ1n) is 6.51. The number of nitrogens with one attached hydrogen (secondary N) is 1. The van der Waals surface area contributed by atoms with E-state index in [4.69, 9.17) is 0 Å². The van der Waals surface area contributed by atoms with Crippen LogP contribution in [0.3, 0.4) is 0 Å². The van der Waals surface area contributed by atoms with Crippen molar-refractivity contribution in [1.29, 1.82) is 0 Å². The van der Waals surface area contributed by atoms with Crippen molar-refractivity contribution < 1.29 is 4.39 Å². The predicted octanol–water partition coefficient (Wildman–Crippen LogP) is 4.79. The van der Waals surface area contributed by atoms with Crippen molar-refractivity contribution in [2.24, 2.45) is 10.3 Å². The summed E-state index contributed by atoms with van der Waals surface area (Å²) in [7, 11) is 0. The molecule has 0 unspecified atom stereocenters. The number of hydrogen-bond donors (Lipinski definition) is 1. The van der Waals surface area contributed by atoms with Crippen molar-refractivity contribution in [2.75, 3.05) is 5.43 Å². The van der Waals surface area contributed by atoms with E-state index >= 15 is 0 Å². The molecule has 0 aliphatic rings. The van der Waals surface area contributed by atoms with Gasteiger partial charge in [-0.3, -0.25) is 5.43 Å². The number of hydrogen-bond acceptors (Lipinski definition) is 3. The Bertz CT molecular complexity index is 797. The van der Waals surface area contributed by atoms with Crippen LogP contribution in [0.5, 0.6) is 0 Å². The van der Waals surface area contributed by atoms with Crippen LogP contribution in [0.4, 0.5) is 15.9 Å². The maximum atomic E-state index is 12.8. The van der Waals surface area contributed by atoms with Crippen LogP contribution in [0.1, 0.15) is 5.56 Å². The van der Waals surface area contributed by atoms with Gasteiger partial charge in [0, 0.05) is 17.1 Å². The van der Waals surface area contributed by atoms with Gasteiger partial charge in [0.15, 0.2) is 5.82 Å². The minimum absolute atomic E-state index is 0.287. The Morgan fingerprint density at radius 1 is 1.05 bits per heavy atom. The molecule has 104 valence electrons. The molecule has 0 fully saturated rings. The lowest BCUT2D eigenvalue weighted by molar-refractivity contribution is 0.628. The van der Waals surface area contributed by atoms with Crippen LogP contribution in [0, 0.1) is 12.7 Å². The fourth-order valence-corrected chi connectivity index (χ4v) is 2.05. The Labute approximate surface area is 121 Å². The third-order valence-corrected chi connectivity index (χ3v) is 3.19. The molecule has 0 atom stereocenters. The normalized spacial score (nSPS) is 11.1. The monoisotopic (exact) mass is 280 g/mol. The highest BCUT2D eigenvalue weighted by molar-refractivity contribution is 5.87. The molecular formula is C16H13FN4. The molecule has 4 nitrogen and oxygen atoms in total. The summed E-state index contributed by atoms with van der Waals surface area (Å²) in [5, 5.41) is 10.2. The molecule has 1 N–H and O–H groups in total. The first kappa shape index (κ1) is 13.2. The lowest BCUT2D eigenvalue weighted by Crippen LogP contribution is -1.88. The second-order valence-electron chi connectivity index (χ2n) is 4.61. The fourth-order valence-electron chi connectivity index (χ4n) is 2.05. The van der Waals surface area contributed by atoms with Crippen molar-refractivity contribution in [3.8, 4) is 0 Å². The summed E-state index contributed by atoms with van der Waals surface area (Å²) in [6.45, 7) is 1.96. The summed E-state index contributed by atoms with van der Waals surface area (Å²) in [5.74, 6) is 0.271. The average molecular weight is 280 g/mol. The molecule has 0 saturated carbocycles. The third-order valence-electron chi connectivity index (χ3n) is 3.19. The number of aromatic nitrogens is 1. The van der Waals surface area contributed by atoms with Crippen LogP contribution in [0.2, 0.25) is 0 Å². The standard InChI is InChI=1S/C16H13FN4/c1-11-15-5-3-2-4-12(15)10-18-16(11)20-21-19-14-8-6-13(17)7-9-14/h2-10H,1H3,(H,18,19,20). The minimum atomic E-state index is -0.287. The summed E-state index contributed by atoms with van der Waals surface area (Å²) < 4.78 is 12.8. The summed E-state index contributed by atoms with van der Waals surface area (Å²) in [4.78, 5) is 4.29. The van der Waals surface area contributed by atoms with Crippen LogP contribution in [-0.4, -0.2) is 4.98 Å². The van der Waals surface area contributed by atoms with Crippen LogP contribution in [0.15, 0.2) is 65.1 Å². The molecule has 21 heavy (non-hydrogen) atoms. The third kappa shape index (κ3) is 2.86. The van der Waals surface area contributed by atoms with E-state index in [1.807, 2.05) is 31.2 Å². The molecule has 3 rings (SSSR count). The quantitative estimate of drug-likeness (QED) is 0.553. The van der Waals surface area contributed by atoms with Gasteiger partial charge in [0.05, 0.1) is 5.69 Å². The van der Waals surface area contributed by atoms with Crippen LogP contribution >= 0.6 is 0 Å². The first-order valence-corrected chi connectivity index (χ1v) is 6.51. The molecule has 5 heteroatoms. The zero-order valence-electron chi connectivity index (χ0n) is 11.4. The van der Waals surface area contributed by atoms with Crippen molar-refractivity contribution in [3.05, 3.63) is 66.1 Å². The molecule has 1 heterocycles. The number of fused-ring (bicyclic) bond motifs is 1. The van der Waals surface area contributed by atoms with E-state index in [1.165, 1.54) is 12.1 Å². The van der Waals surface area contributed by atoms with Gasteiger partial charge in [-0.15, -0.1) is 5.11 Å². The molecule has 1 aromatic heterocycles. The summed E-state index contributed by atoms with van der Waals surface area (Å²) in [6, 6.07) is 13.9. The van der Waals surface area contributed by atoms with Crippen molar-refractivity contribution >= 4 is 22.3 Å². The van der Waals surface area contributed by atoms with Gasteiger partial charge in [0.1, 0.15) is 5.82 Å². The molecule has 0 saturated heterocycles. The largest absolute Gasteiger partial charge is 0.260 e. The molecule has 0 amide bonds. The van der Waals surface area contributed by atoms with Crippen molar-refractivity contribution in [1.82, 2.24) is 4.98 Å². The van der Waals surface area contributed by atoms with Gasteiger partial charge in [-0.1, -0.05) is 29.5 Å². The zero-order chi connectivity index (χ0) is 14.7. The van der Waals surface area contributed by atoms with Crippen LogP contribution in [-0.2, 0) is 0 Å². The van der Waals surface area contributed by atoms with Crippen molar-refractivity contribution in [3.63, 3.8) is 0 Å². The highest BCUT2D eigenvalue weighted by Gasteiger charge is 2.03. The highest BCUT2D eigenvalue weighted by atomic mass is 19.1. The number of benzene rings is 2. The number of halogens is 1. The Balaban J connectivity index is 1.82. The second-order valence-corrected chi connectivity index (χ2v) is 4.61. The van der Waals surface area contributed by atoms with Gasteiger partial charge in [-0.2, -0.15) is 0 Å². The molecule has 2 aromatic carbocycles. The SMILES string of the molecule is Cc1c(/N=N/Nc2ccc(F)cc2)ncc2ccccc12. The number of rotatable bonds is 3. The molecule has 0 radical (unpaired) electrons. The smallest absolute Gasteiger partial charge is 0.179 e. The van der Waals surface area contributed by atoms with Crippen LogP contribution in [0.25, 0.3) is 10.8 Å². The van der Waals surface area contributed by atoms with E-state index in [1.54, 1.807) is 18.3 Å². The van der Waals surface area contributed by atoms with Crippen LogP contribution < -0.4 is 5.43 Å². The number of pyridine rings is 1. The Kier molecular flexibility index (Phi) is 3.55. The average Bonchev–Trinajstić information content (AvgIpc) is 2.52. The number of nitrogens with zero attached hydrogens (tertiary/aromatic N) is 3. The molecule has 0 aliphatic heterocycles. The Hall–Kier alpha value is -2.82. The van der Waals surface area contributed by atoms with Gasteiger partial charge < -0.3 is 0 Å². The second kappa shape index (κ2) is 5.66. The lowest BCUT2D eigenvalue weighted by Gasteiger charge is -2.03. The molecule has 0 aliphatic carbocycles. The number of aryl methyl sites for hydroxylation is 1. The molecular weight excluding hydrogens is 267 g/mol. The minimum Gasteiger partial charge on any atom is -0.260 e. The topological polar surface area (TPSA) is 49.6 Å². The van der Waals surface area contributed by atoms with Gasteiger partial charge in [-0.25, -0.2) is 9.37 Å². The maximum absolute atomic E-state index is 12.8. The highest BCUT2D eigenvalue weighted by Crippen LogP contribution is 2.24. The van der Waals surface area contributed by atoms with E-state index in [9.17, 15) is 4.39 Å². The molecule has 3 aromatic rings. The van der Waals surface area contributed by atoms with E-state index in [2.05, 4.69) is 20.7 Å². The Morgan fingerprint density at radius 3 is 2.62 bits per heavy atom. The van der Waals surface area contributed by atoms with Gasteiger partial charge >= 0.3 is 0 Å². The van der Waals surface area contributed by atoms with Crippen molar-refractivity contribution in [2.45, 2.75) is 6.92 Å². The van der Waals surface area contributed by atoms with E-state index in [0.29, 0.717) is 11.5 Å². The Morgan fingerprint density at radius 2 is 1.81 bits per heavy atom. The van der Waals surface area contributed by atoms with Gasteiger partial charge in [0.25, 0.3) is 0 Å². The predicted molar refractivity (Wildman–Crippen MR) is 81.0 cm³/mol. The summed E-state index contributed by atoms with van der Waals surface area (Å²) in [6.07, 6.45) is 1.77. The number of anilines is 1. The lowest BCUT2D eigenvalue weighted by atomic mass is 10.1. The maximum Gasteiger partial charge on any atom is 0.179 e. The molecule has 0 bridgehead atoms. The van der Waals surface area contributed by atoms with Gasteiger partial charge in [0.2, 0.25) is 0 Å². The molecule has 0 spiro atoms. The van der Waals surface area contributed by atoms with E-state index in [-0.39, 0.29) is 5.82 Å². The first-order chi connectivity index (χ1) is 10.2. The van der Waals surface area contributed by atoms with E-state index < -0.39 is 0 Å². The fraction of sp³-hybridized carbons (Fsp3) is 0.0625. The van der Waals surface area contributed by atoms with Gasteiger partial charge in [-0.05, 0) is 36.6 Å². The zero-order valence-corrected chi connectivity index (χ0v) is 11.4.